The van der Waals surface area contributed by atoms with Crippen LogP contribution in [0, 0.1) is 0 Å². The zero-order valence-corrected chi connectivity index (χ0v) is 11.7. The number of aromatic nitrogens is 1. The van der Waals surface area contributed by atoms with Crippen LogP contribution in [0.2, 0.25) is 0 Å². The van der Waals surface area contributed by atoms with Crippen LogP contribution >= 0.6 is 0 Å². The SMILES string of the molecule is O=C(c1ccccn1)N1C[C@@H]2NCc3ccccc3[C@@H]2C1. The fourth-order valence-corrected chi connectivity index (χ4v) is 3.44. The molecule has 1 amide bonds. The molecule has 2 aromatic rings. The monoisotopic (exact) mass is 279 g/mol. The summed E-state index contributed by atoms with van der Waals surface area (Å²) in [6.45, 7) is 2.42. The van der Waals surface area contributed by atoms with E-state index in [2.05, 4.69) is 34.6 Å². The second-order valence-corrected chi connectivity index (χ2v) is 5.72. The molecule has 1 N–H and O–H groups in total. The van der Waals surface area contributed by atoms with Crippen LogP contribution in [0.3, 0.4) is 0 Å². The zero-order chi connectivity index (χ0) is 14.2. The van der Waals surface area contributed by atoms with Crippen molar-refractivity contribution >= 4 is 5.91 Å². The lowest BCUT2D eigenvalue weighted by Gasteiger charge is -2.28. The molecule has 1 fully saturated rings. The maximum atomic E-state index is 12.5. The molecule has 0 saturated carbocycles. The summed E-state index contributed by atoms with van der Waals surface area (Å²) in [4.78, 5) is 18.6. The van der Waals surface area contributed by atoms with Crippen LogP contribution in [0.4, 0.5) is 0 Å². The third kappa shape index (κ3) is 2.12. The van der Waals surface area contributed by atoms with Crippen molar-refractivity contribution in [1.29, 1.82) is 0 Å². The molecule has 4 rings (SSSR count). The van der Waals surface area contributed by atoms with Gasteiger partial charge in [0.25, 0.3) is 5.91 Å². The summed E-state index contributed by atoms with van der Waals surface area (Å²) in [6, 6.07) is 14.4. The van der Waals surface area contributed by atoms with Gasteiger partial charge in [-0.15, -0.1) is 0 Å². The van der Waals surface area contributed by atoms with Crippen LogP contribution in [0.15, 0.2) is 48.7 Å². The summed E-state index contributed by atoms with van der Waals surface area (Å²) >= 11 is 0. The van der Waals surface area contributed by atoms with Gasteiger partial charge in [-0.25, -0.2) is 0 Å². The minimum absolute atomic E-state index is 0.0317. The molecule has 0 spiro atoms. The number of likely N-dealkylation sites (tertiary alicyclic amines) is 1. The highest BCUT2D eigenvalue weighted by Crippen LogP contribution is 2.33. The summed E-state index contributed by atoms with van der Waals surface area (Å²) < 4.78 is 0. The first-order valence-electron chi connectivity index (χ1n) is 7.34. The van der Waals surface area contributed by atoms with E-state index in [1.165, 1.54) is 11.1 Å². The molecular weight excluding hydrogens is 262 g/mol. The molecule has 0 radical (unpaired) electrons. The van der Waals surface area contributed by atoms with Crippen LogP contribution in [-0.2, 0) is 6.54 Å². The van der Waals surface area contributed by atoms with E-state index >= 15 is 0 Å². The molecule has 1 aromatic heterocycles. The van der Waals surface area contributed by atoms with Crippen molar-refractivity contribution in [3.8, 4) is 0 Å². The Hall–Kier alpha value is -2.20. The number of nitrogens with zero attached hydrogens (tertiary/aromatic N) is 2. The van der Waals surface area contributed by atoms with Gasteiger partial charge < -0.3 is 10.2 Å². The molecule has 106 valence electrons. The van der Waals surface area contributed by atoms with Crippen LogP contribution in [0.1, 0.15) is 27.5 Å². The van der Waals surface area contributed by atoms with E-state index in [1.54, 1.807) is 12.3 Å². The van der Waals surface area contributed by atoms with Crippen molar-refractivity contribution in [1.82, 2.24) is 15.2 Å². The summed E-state index contributed by atoms with van der Waals surface area (Å²) in [5.41, 5.74) is 3.27. The van der Waals surface area contributed by atoms with E-state index < -0.39 is 0 Å². The van der Waals surface area contributed by atoms with Gasteiger partial charge in [0.05, 0.1) is 0 Å². The lowest BCUT2D eigenvalue weighted by atomic mass is 9.87. The first-order valence-corrected chi connectivity index (χ1v) is 7.34. The molecular formula is C17H17N3O. The number of fused-ring (bicyclic) bond motifs is 3. The molecule has 21 heavy (non-hydrogen) atoms. The number of hydrogen-bond donors (Lipinski definition) is 1. The molecule has 1 saturated heterocycles. The molecule has 0 unspecified atom stereocenters. The van der Waals surface area contributed by atoms with E-state index in [0.717, 1.165) is 19.6 Å². The summed E-state index contributed by atoms with van der Waals surface area (Å²) in [6.07, 6.45) is 1.67. The van der Waals surface area contributed by atoms with E-state index in [0.29, 0.717) is 17.7 Å². The van der Waals surface area contributed by atoms with E-state index in [4.69, 9.17) is 0 Å². The van der Waals surface area contributed by atoms with Crippen molar-refractivity contribution in [2.24, 2.45) is 0 Å². The van der Waals surface area contributed by atoms with Crippen molar-refractivity contribution in [2.45, 2.75) is 18.5 Å². The molecule has 3 heterocycles. The lowest BCUT2D eigenvalue weighted by molar-refractivity contribution is 0.0782. The molecule has 2 aliphatic rings. The predicted molar refractivity (Wildman–Crippen MR) is 80.0 cm³/mol. The number of pyridine rings is 1. The third-order valence-electron chi connectivity index (χ3n) is 4.50. The number of benzene rings is 1. The quantitative estimate of drug-likeness (QED) is 0.865. The zero-order valence-electron chi connectivity index (χ0n) is 11.7. The van der Waals surface area contributed by atoms with Crippen molar-refractivity contribution < 1.29 is 4.79 Å². The predicted octanol–water partition coefficient (Wildman–Crippen LogP) is 1.79. The highest BCUT2D eigenvalue weighted by Gasteiger charge is 2.39. The fraction of sp³-hybridized carbons (Fsp3) is 0.294. The van der Waals surface area contributed by atoms with Crippen molar-refractivity contribution in [3.63, 3.8) is 0 Å². The van der Waals surface area contributed by atoms with Gasteiger partial charge in [-0.1, -0.05) is 30.3 Å². The minimum Gasteiger partial charge on any atom is -0.335 e. The van der Waals surface area contributed by atoms with Gasteiger partial charge in [0.2, 0.25) is 0 Å². The van der Waals surface area contributed by atoms with E-state index in [1.807, 2.05) is 17.0 Å². The van der Waals surface area contributed by atoms with Crippen LogP contribution < -0.4 is 5.32 Å². The Kier molecular flexibility index (Phi) is 2.97. The van der Waals surface area contributed by atoms with Crippen molar-refractivity contribution in [2.75, 3.05) is 13.1 Å². The van der Waals surface area contributed by atoms with Gasteiger partial charge in [-0.05, 0) is 23.3 Å². The molecule has 4 nitrogen and oxygen atoms in total. The highest BCUT2D eigenvalue weighted by atomic mass is 16.2. The van der Waals surface area contributed by atoms with Gasteiger partial charge in [-0.2, -0.15) is 0 Å². The first kappa shape index (κ1) is 12.5. The Bertz CT molecular complexity index is 671. The van der Waals surface area contributed by atoms with Crippen molar-refractivity contribution in [3.05, 3.63) is 65.5 Å². The second kappa shape index (κ2) is 4.97. The Morgan fingerprint density at radius 3 is 2.86 bits per heavy atom. The summed E-state index contributed by atoms with van der Waals surface area (Å²) in [7, 11) is 0. The number of rotatable bonds is 1. The number of amides is 1. The number of carbonyl (C=O) groups excluding carboxylic acids is 1. The second-order valence-electron chi connectivity index (χ2n) is 5.72. The molecule has 2 aliphatic heterocycles. The average Bonchev–Trinajstić information content (AvgIpc) is 2.99. The molecule has 0 aliphatic carbocycles. The normalized spacial score (nSPS) is 23.5. The number of nitrogens with one attached hydrogen (secondary N) is 1. The third-order valence-corrected chi connectivity index (χ3v) is 4.50. The Morgan fingerprint density at radius 1 is 1.14 bits per heavy atom. The van der Waals surface area contributed by atoms with E-state index in [9.17, 15) is 4.79 Å². The molecule has 1 aromatic carbocycles. The summed E-state index contributed by atoms with van der Waals surface area (Å²) in [5, 5.41) is 3.56. The van der Waals surface area contributed by atoms with Crippen LogP contribution in [-0.4, -0.2) is 34.9 Å². The number of carbonyl (C=O) groups is 1. The van der Waals surface area contributed by atoms with Crippen LogP contribution in [0.5, 0.6) is 0 Å². The van der Waals surface area contributed by atoms with Gasteiger partial charge in [0.1, 0.15) is 5.69 Å². The highest BCUT2D eigenvalue weighted by molar-refractivity contribution is 5.92. The Balaban J connectivity index is 1.59. The first-order chi connectivity index (χ1) is 10.3. The standard InChI is InChI=1S/C17H17N3O/c21-17(15-7-3-4-8-18-15)20-10-14-13-6-2-1-5-12(13)9-19-16(14)11-20/h1-8,14,16,19H,9-11H2/t14-,16-/m0/s1. The smallest absolute Gasteiger partial charge is 0.272 e. The fourth-order valence-electron chi connectivity index (χ4n) is 3.44. The minimum atomic E-state index is 0.0317. The maximum absolute atomic E-state index is 12.5. The Morgan fingerprint density at radius 2 is 2.00 bits per heavy atom. The molecule has 2 atom stereocenters. The number of hydrogen-bond acceptors (Lipinski definition) is 3. The molecule has 0 bridgehead atoms. The maximum Gasteiger partial charge on any atom is 0.272 e. The van der Waals surface area contributed by atoms with Gasteiger partial charge >= 0.3 is 0 Å². The van der Waals surface area contributed by atoms with Gasteiger partial charge in [-0.3, -0.25) is 9.78 Å². The van der Waals surface area contributed by atoms with Crippen LogP contribution in [0.25, 0.3) is 0 Å². The molecule has 4 heteroatoms. The lowest BCUT2D eigenvalue weighted by Crippen LogP contribution is -2.39. The topological polar surface area (TPSA) is 45.2 Å². The Labute approximate surface area is 123 Å². The summed E-state index contributed by atoms with van der Waals surface area (Å²) in [5.74, 6) is 0.423. The largest absolute Gasteiger partial charge is 0.335 e. The van der Waals surface area contributed by atoms with Gasteiger partial charge in [0, 0.05) is 37.8 Å². The average molecular weight is 279 g/mol. The van der Waals surface area contributed by atoms with Gasteiger partial charge in [0.15, 0.2) is 0 Å². The van der Waals surface area contributed by atoms with E-state index in [-0.39, 0.29) is 5.91 Å².